The van der Waals surface area contributed by atoms with Crippen LogP contribution in [0.1, 0.15) is 21.5 Å². The quantitative estimate of drug-likeness (QED) is 0.695. The molecule has 0 saturated heterocycles. The maximum absolute atomic E-state index is 14.2. The molecule has 0 radical (unpaired) electrons. The van der Waals surface area contributed by atoms with Crippen molar-refractivity contribution in [1.82, 2.24) is 14.7 Å². The number of aryl methyl sites for hydroxylation is 3. The predicted molar refractivity (Wildman–Crippen MR) is 110 cm³/mol. The number of carbonyl (C=O) groups excluding carboxylic acids is 2. The van der Waals surface area contributed by atoms with E-state index < -0.39 is 17.5 Å². The largest absolute Gasteiger partial charge is 0.332 e. The van der Waals surface area contributed by atoms with Crippen LogP contribution in [0.2, 0.25) is 0 Å². The summed E-state index contributed by atoms with van der Waals surface area (Å²) in [7, 11) is 3.07. The summed E-state index contributed by atoms with van der Waals surface area (Å²) < 4.78 is 28.9. The van der Waals surface area contributed by atoms with Crippen LogP contribution in [0, 0.1) is 25.5 Å². The maximum atomic E-state index is 14.2. The third-order valence-corrected chi connectivity index (χ3v) is 4.72. The second kappa shape index (κ2) is 8.44. The molecule has 0 aliphatic rings. The average Bonchev–Trinajstić information content (AvgIpc) is 3.05. The van der Waals surface area contributed by atoms with Crippen molar-refractivity contribution in [2.24, 2.45) is 7.05 Å². The minimum Gasteiger partial charge on any atom is -0.332 e. The summed E-state index contributed by atoms with van der Waals surface area (Å²) in [6.45, 7) is 3.57. The number of carbonyl (C=O) groups is 2. The van der Waals surface area contributed by atoms with Crippen LogP contribution in [0.3, 0.4) is 0 Å². The second-order valence-corrected chi connectivity index (χ2v) is 7.17. The number of anilines is 1. The third kappa shape index (κ3) is 4.37. The first kappa shape index (κ1) is 21.2. The Balaban J connectivity index is 1.81. The van der Waals surface area contributed by atoms with Gasteiger partial charge in [-0.1, -0.05) is 18.2 Å². The van der Waals surface area contributed by atoms with E-state index in [9.17, 15) is 18.4 Å². The SMILES string of the molecule is Cc1cccc(C)c1NC(=O)CN(C)C(=O)c1cn(C)nc1-c1ccc(F)cc1F. The molecule has 6 nitrogen and oxygen atoms in total. The normalized spacial score (nSPS) is 10.7. The molecule has 8 heteroatoms. The number of rotatable bonds is 5. The molecule has 0 spiro atoms. The molecule has 2 amide bonds. The van der Waals surface area contributed by atoms with Gasteiger partial charge in [0, 0.05) is 37.6 Å². The minimum absolute atomic E-state index is 0.00809. The Labute approximate surface area is 173 Å². The van der Waals surface area contributed by atoms with Gasteiger partial charge in [-0.05, 0) is 37.1 Å². The minimum atomic E-state index is -0.821. The highest BCUT2D eigenvalue weighted by molar-refractivity contribution is 6.02. The van der Waals surface area contributed by atoms with Crippen LogP contribution in [0.15, 0.2) is 42.6 Å². The van der Waals surface area contributed by atoms with Crippen molar-refractivity contribution in [2.75, 3.05) is 18.9 Å². The van der Waals surface area contributed by atoms with Crippen LogP contribution in [0.4, 0.5) is 14.5 Å². The lowest BCUT2D eigenvalue weighted by Gasteiger charge is -2.18. The molecule has 0 aliphatic heterocycles. The number of benzene rings is 2. The Bertz CT molecular complexity index is 1100. The van der Waals surface area contributed by atoms with Crippen molar-refractivity contribution < 1.29 is 18.4 Å². The third-order valence-electron chi connectivity index (χ3n) is 4.72. The van der Waals surface area contributed by atoms with Crippen molar-refractivity contribution in [2.45, 2.75) is 13.8 Å². The molecule has 0 saturated carbocycles. The summed E-state index contributed by atoms with van der Waals surface area (Å²) >= 11 is 0. The second-order valence-electron chi connectivity index (χ2n) is 7.17. The van der Waals surface area contributed by atoms with E-state index in [0.717, 1.165) is 23.3 Å². The zero-order valence-electron chi connectivity index (χ0n) is 17.2. The highest BCUT2D eigenvalue weighted by Crippen LogP contribution is 2.26. The van der Waals surface area contributed by atoms with Crippen LogP contribution in [0.5, 0.6) is 0 Å². The van der Waals surface area contributed by atoms with Gasteiger partial charge in [-0.2, -0.15) is 5.10 Å². The van der Waals surface area contributed by atoms with E-state index >= 15 is 0 Å². The molecule has 3 aromatic rings. The van der Waals surface area contributed by atoms with Crippen molar-refractivity contribution in [3.63, 3.8) is 0 Å². The molecule has 1 N–H and O–H groups in total. The Hall–Kier alpha value is -3.55. The molecule has 30 heavy (non-hydrogen) atoms. The molecule has 1 aromatic heterocycles. The molecule has 1 heterocycles. The van der Waals surface area contributed by atoms with E-state index in [-0.39, 0.29) is 29.3 Å². The predicted octanol–water partition coefficient (Wildman–Crippen LogP) is 3.69. The van der Waals surface area contributed by atoms with E-state index in [1.165, 1.54) is 28.9 Å². The number of likely N-dealkylation sites (N-methyl/N-ethyl adjacent to an activating group) is 1. The Morgan fingerprint density at radius 2 is 1.80 bits per heavy atom. The average molecular weight is 412 g/mol. The van der Waals surface area contributed by atoms with Crippen molar-refractivity contribution in [1.29, 1.82) is 0 Å². The number of nitrogens with zero attached hydrogens (tertiary/aromatic N) is 3. The van der Waals surface area contributed by atoms with Gasteiger partial charge in [0.2, 0.25) is 5.91 Å². The maximum Gasteiger partial charge on any atom is 0.257 e. The molecule has 156 valence electrons. The number of amides is 2. The fourth-order valence-electron chi connectivity index (χ4n) is 3.21. The van der Waals surface area contributed by atoms with Gasteiger partial charge in [0.1, 0.15) is 17.3 Å². The van der Waals surface area contributed by atoms with Gasteiger partial charge in [-0.3, -0.25) is 14.3 Å². The Morgan fingerprint density at radius 1 is 1.13 bits per heavy atom. The van der Waals surface area contributed by atoms with Crippen LogP contribution in [-0.2, 0) is 11.8 Å². The van der Waals surface area contributed by atoms with Gasteiger partial charge in [-0.15, -0.1) is 0 Å². The van der Waals surface area contributed by atoms with E-state index in [1.807, 2.05) is 32.0 Å². The summed E-state index contributed by atoms with van der Waals surface area (Å²) in [6.07, 6.45) is 1.44. The highest BCUT2D eigenvalue weighted by Gasteiger charge is 2.24. The van der Waals surface area contributed by atoms with Crippen molar-refractivity contribution >= 4 is 17.5 Å². The Morgan fingerprint density at radius 3 is 2.43 bits per heavy atom. The van der Waals surface area contributed by atoms with Crippen LogP contribution < -0.4 is 5.32 Å². The Kier molecular flexibility index (Phi) is 5.96. The van der Waals surface area contributed by atoms with Gasteiger partial charge in [-0.25, -0.2) is 8.78 Å². The van der Waals surface area contributed by atoms with E-state index in [2.05, 4.69) is 10.4 Å². The zero-order valence-corrected chi connectivity index (χ0v) is 17.2. The van der Waals surface area contributed by atoms with Crippen LogP contribution in [-0.4, -0.2) is 40.1 Å². The fourth-order valence-corrected chi connectivity index (χ4v) is 3.21. The van der Waals surface area contributed by atoms with Crippen LogP contribution in [0.25, 0.3) is 11.3 Å². The summed E-state index contributed by atoms with van der Waals surface area (Å²) in [5.74, 6) is -2.40. The van der Waals surface area contributed by atoms with E-state index in [0.29, 0.717) is 5.69 Å². The lowest BCUT2D eigenvalue weighted by atomic mass is 10.1. The number of aromatic nitrogens is 2. The molecular weight excluding hydrogens is 390 g/mol. The van der Waals surface area contributed by atoms with Gasteiger partial charge in [0.15, 0.2) is 0 Å². The molecule has 0 atom stereocenters. The van der Waals surface area contributed by atoms with Crippen LogP contribution >= 0.6 is 0 Å². The number of halogens is 2. The van der Waals surface area contributed by atoms with Gasteiger partial charge in [0.05, 0.1) is 12.1 Å². The molecule has 0 unspecified atom stereocenters. The first-order chi connectivity index (χ1) is 14.2. The number of hydrogen-bond acceptors (Lipinski definition) is 3. The lowest BCUT2D eigenvalue weighted by molar-refractivity contribution is -0.116. The monoisotopic (exact) mass is 412 g/mol. The zero-order chi connectivity index (χ0) is 22.0. The number of nitrogens with one attached hydrogen (secondary N) is 1. The van der Waals surface area contributed by atoms with Gasteiger partial charge >= 0.3 is 0 Å². The van der Waals surface area contributed by atoms with E-state index in [4.69, 9.17) is 0 Å². The topological polar surface area (TPSA) is 67.2 Å². The summed E-state index contributed by atoms with van der Waals surface area (Å²) in [4.78, 5) is 26.7. The number of para-hydroxylation sites is 1. The summed E-state index contributed by atoms with van der Waals surface area (Å²) in [5.41, 5.74) is 2.75. The van der Waals surface area contributed by atoms with Crippen molar-refractivity contribution in [3.8, 4) is 11.3 Å². The smallest absolute Gasteiger partial charge is 0.257 e. The molecule has 2 aromatic carbocycles. The van der Waals surface area contributed by atoms with Gasteiger partial charge in [0.25, 0.3) is 5.91 Å². The molecule has 0 aliphatic carbocycles. The summed E-state index contributed by atoms with van der Waals surface area (Å²) in [5, 5.41) is 6.98. The summed E-state index contributed by atoms with van der Waals surface area (Å²) in [6, 6.07) is 8.74. The highest BCUT2D eigenvalue weighted by atomic mass is 19.1. The first-order valence-electron chi connectivity index (χ1n) is 9.28. The fraction of sp³-hybridized carbons (Fsp3) is 0.227. The standard InChI is InChI=1S/C22H22F2N4O2/c1-13-6-5-7-14(2)20(13)25-19(29)12-27(3)22(30)17-11-28(4)26-21(17)16-9-8-15(23)10-18(16)24/h5-11H,12H2,1-4H3,(H,25,29). The lowest BCUT2D eigenvalue weighted by Crippen LogP contribution is -2.35. The van der Waals surface area contributed by atoms with E-state index in [1.54, 1.807) is 7.05 Å². The van der Waals surface area contributed by atoms with Crippen molar-refractivity contribution in [3.05, 3.63) is 70.9 Å². The molecule has 3 rings (SSSR count). The molecular formula is C22H22F2N4O2. The molecule has 0 fully saturated rings. The van der Waals surface area contributed by atoms with Gasteiger partial charge < -0.3 is 10.2 Å². The molecule has 0 bridgehead atoms. The first-order valence-corrected chi connectivity index (χ1v) is 9.28. The number of hydrogen-bond donors (Lipinski definition) is 1.